The van der Waals surface area contributed by atoms with Gasteiger partial charge in [-0.2, -0.15) is 0 Å². The second-order valence-electron chi connectivity index (χ2n) is 11.3. The molecule has 2 fully saturated rings. The van der Waals surface area contributed by atoms with Gasteiger partial charge in [-0.25, -0.2) is 13.7 Å². The van der Waals surface area contributed by atoms with Crippen molar-refractivity contribution < 1.29 is 19.0 Å². The van der Waals surface area contributed by atoms with Gasteiger partial charge in [0, 0.05) is 19.0 Å². The molecule has 3 aliphatic rings. The Labute approximate surface area is 224 Å². The number of carbonyl (C=O) groups excluding carboxylic acids is 1. The van der Waals surface area contributed by atoms with Crippen LogP contribution < -0.4 is 11.0 Å². The SMILES string of the molecule is Cc1cc(-n2c(O)c[nH]c2=O)c(C)cc1CCS(O)(O)N1CCC2(CC1)N=C(C1CCC(C)CC1)NC2=O. The summed E-state index contributed by atoms with van der Waals surface area (Å²) >= 11 is 0. The standard InChI is InChI=1S/C27H39N5O5S/c1-17-4-6-20(7-5-17)24-29-25(34)27(30-24)9-11-31(12-10-27)38(36,37)13-8-21-14-19(3)22(15-18(21)2)32-23(33)16-28-26(32)35/h14-17,20,33,36-37H,4-13H2,1-3H3,(H,28,35)(H,29,30,34). The Morgan fingerprint density at radius 1 is 1.08 bits per heavy atom. The molecular weight excluding hydrogens is 506 g/mol. The number of imidazole rings is 1. The number of carbonyl (C=O) groups is 1. The summed E-state index contributed by atoms with van der Waals surface area (Å²) in [6.07, 6.45) is 7.10. The van der Waals surface area contributed by atoms with Crippen LogP contribution in [0.15, 0.2) is 28.1 Å². The number of aliphatic imine (C=N–C) groups is 1. The molecule has 5 rings (SSSR count). The van der Waals surface area contributed by atoms with Crippen molar-refractivity contribution in [1.82, 2.24) is 19.2 Å². The van der Waals surface area contributed by atoms with E-state index in [0.717, 1.165) is 54.1 Å². The third-order valence-corrected chi connectivity index (χ3v) is 10.6. The number of aromatic hydroxyl groups is 1. The minimum atomic E-state index is -3.03. The lowest BCUT2D eigenvalue weighted by Crippen LogP contribution is -2.49. The van der Waals surface area contributed by atoms with Crippen molar-refractivity contribution in [2.45, 2.75) is 71.3 Å². The third kappa shape index (κ3) is 5.04. The first-order valence-electron chi connectivity index (χ1n) is 13.5. The van der Waals surface area contributed by atoms with Crippen LogP contribution in [0.4, 0.5) is 0 Å². The number of piperidine rings is 1. The number of hydrogen-bond donors (Lipinski definition) is 5. The number of amides is 1. The molecule has 1 spiro atoms. The third-order valence-electron chi connectivity index (χ3n) is 8.66. The van der Waals surface area contributed by atoms with Crippen molar-refractivity contribution in [3.8, 4) is 11.6 Å². The fraction of sp³-hybridized carbons (Fsp3) is 0.593. The molecule has 3 heterocycles. The van der Waals surface area contributed by atoms with E-state index in [9.17, 15) is 23.8 Å². The lowest BCUT2D eigenvalue weighted by Gasteiger charge is -2.47. The maximum absolute atomic E-state index is 13.0. The Hall–Kier alpha value is -2.60. The largest absolute Gasteiger partial charge is 0.493 e. The normalized spacial score (nSPS) is 24.4. The molecular formula is C27H39N5O5S. The molecule has 10 nitrogen and oxygen atoms in total. The molecule has 1 aliphatic carbocycles. The van der Waals surface area contributed by atoms with Gasteiger partial charge in [-0.05, 0) is 74.6 Å². The van der Waals surface area contributed by atoms with Crippen molar-refractivity contribution in [2.24, 2.45) is 16.8 Å². The van der Waals surface area contributed by atoms with Crippen molar-refractivity contribution in [1.29, 1.82) is 0 Å². The predicted molar refractivity (Wildman–Crippen MR) is 149 cm³/mol. The lowest BCUT2D eigenvalue weighted by atomic mass is 9.82. The molecule has 0 atom stereocenters. The average molecular weight is 546 g/mol. The Bertz CT molecular complexity index is 1300. The molecule has 0 bridgehead atoms. The zero-order chi connectivity index (χ0) is 27.2. The number of hydrogen-bond acceptors (Lipinski definition) is 7. The van der Waals surface area contributed by atoms with Gasteiger partial charge in [0.05, 0.1) is 17.6 Å². The molecule has 1 aromatic carbocycles. The highest BCUT2D eigenvalue weighted by Crippen LogP contribution is 2.47. The summed E-state index contributed by atoms with van der Waals surface area (Å²) in [6.45, 7) is 6.84. The van der Waals surface area contributed by atoms with Gasteiger partial charge in [0.2, 0.25) is 5.88 Å². The molecule has 11 heteroatoms. The van der Waals surface area contributed by atoms with Gasteiger partial charge in [0.25, 0.3) is 5.91 Å². The highest BCUT2D eigenvalue weighted by atomic mass is 32.3. The van der Waals surface area contributed by atoms with E-state index in [4.69, 9.17) is 4.99 Å². The smallest absolute Gasteiger partial charge is 0.333 e. The number of aromatic amines is 1. The first-order chi connectivity index (χ1) is 18.0. The minimum Gasteiger partial charge on any atom is -0.493 e. The van der Waals surface area contributed by atoms with Gasteiger partial charge < -0.3 is 15.4 Å². The van der Waals surface area contributed by atoms with Crippen LogP contribution in [0.25, 0.3) is 5.69 Å². The van der Waals surface area contributed by atoms with E-state index in [-0.39, 0.29) is 17.5 Å². The fourth-order valence-electron chi connectivity index (χ4n) is 6.10. The zero-order valence-corrected chi connectivity index (χ0v) is 23.2. The summed E-state index contributed by atoms with van der Waals surface area (Å²) in [6, 6.07) is 3.76. The summed E-state index contributed by atoms with van der Waals surface area (Å²) in [5.74, 6) is 1.87. The molecule has 2 aromatic rings. The number of benzene rings is 1. The summed E-state index contributed by atoms with van der Waals surface area (Å²) < 4.78 is 25.1. The molecule has 1 saturated carbocycles. The molecule has 0 radical (unpaired) electrons. The minimum absolute atomic E-state index is 0.0407. The summed E-state index contributed by atoms with van der Waals surface area (Å²) in [4.78, 5) is 32.4. The van der Waals surface area contributed by atoms with Crippen molar-refractivity contribution in [3.63, 3.8) is 0 Å². The Morgan fingerprint density at radius 3 is 2.39 bits per heavy atom. The first-order valence-corrected chi connectivity index (χ1v) is 15.2. The number of aryl methyl sites for hydroxylation is 3. The summed E-state index contributed by atoms with van der Waals surface area (Å²) in [7, 11) is -3.03. The van der Waals surface area contributed by atoms with E-state index in [1.165, 1.54) is 10.8 Å². The van der Waals surface area contributed by atoms with E-state index < -0.39 is 22.0 Å². The molecule has 1 aromatic heterocycles. The molecule has 5 N–H and O–H groups in total. The van der Waals surface area contributed by atoms with E-state index >= 15 is 0 Å². The molecule has 208 valence electrons. The van der Waals surface area contributed by atoms with Crippen LogP contribution in [0.3, 0.4) is 0 Å². The van der Waals surface area contributed by atoms with Gasteiger partial charge >= 0.3 is 5.69 Å². The Morgan fingerprint density at radius 2 is 1.76 bits per heavy atom. The van der Waals surface area contributed by atoms with Crippen LogP contribution in [0.5, 0.6) is 5.88 Å². The van der Waals surface area contributed by atoms with Crippen molar-refractivity contribution in [2.75, 3.05) is 18.8 Å². The number of amidine groups is 1. The van der Waals surface area contributed by atoms with Gasteiger partial charge in [0.1, 0.15) is 11.4 Å². The second-order valence-corrected chi connectivity index (χ2v) is 13.5. The van der Waals surface area contributed by atoms with Crippen LogP contribution in [0, 0.1) is 25.7 Å². The highest BCUT2D eigenvalue weighted by Gasteiger charge is 2.48. The number of aromatic nitrogens is 2. The summed E-state index contributed by atoms with van der Waals surface area (Å²) in [5, 5.41) is 13.1. The Balaban J connectivity index is 1.22. The summed E-state index contributed by atoms with van der Waals surface area (Å²) in [5.41, 5.74) is 2.03. The van der Waals surface area contributed by atoms with Crippen LogP contribution in [0.1, 0.15) is 62.1 Å². The van der Waals surface area contributed by atoms with Gasteiger partial charge in [-0.1, -0.05) is 25.8 Å². The van der Waals surface area contributed by atoms with Crippen molar-refractivity contribution >= 4 is 22.5 Å². The number of rotatable bonds is 6. The van der Waals surface area contributed by atoms with Crippen molar-refractivity contribution in [3.05, 3.63) is 45.5 Å². The predicted octanol–water partition coefficient (Wildman–Crippen LogP) is 3.89. The second kappa shape index (κ2) is 10.2. The van der Waals surface area contributed by atoms with E-state index in [2.05, 4.69) is 17.2 Å². The topological polar surface area (TPSA) is 143 Å². The molecule has 0 unspecified atom stereocenters. The van der Waals surface area contributed by atoms with E-state index in [0.29, 0.717) is 44.0 Å². The number of nitrogens with zero attached hydrogens (tertiary/aromatic N) is 3. The molecule has 38 heavy (non-hydrogen) atoms. The highest BCUT2D eigenvalue weighted by molar-refractivity contribution is 8.22. The van der Waals surface area contributed by atoms with Crippen LogP contribution in [-0.2, 0) is 11.2 Å². The average Bonchev–Trinajstić information content (AvgIpc) is 3.38. The molecule has 2 aliphatic heterocycles. The van der Waals surface area contributed by atoms with E-state index in [1.807, 2.05) is 26.0 Å². The van der Waals surface area contributed by atoms with Gasteiger partial charge in [-0.15, -0.1) is 10.8 Å². The van der Waals surface area contributed by atoms with Gasteiger partial charge in [0.15, 0.2) is 0 Å². The van der Waals surface area contributed by atoms with Gasteiger partial charge in [-0.3, -0.25) is 18.9 Å². The fourth-order valence-corrected chi connectivity index (χ4v) is 7.61. The Kier molecular flexibility index (Phi) is 7.23. The van der Waals surface area contributed by atoms with Crippen LogP contribution in [0.2, 0.25) is 0 Å². The quantitative estimate of drug-likeness (QED) is 0.373. The maximum atomic E-state index is 13.0. The number of nitrogens with one attached hydrogen (secondary N) is 2. The molecule has 1 saturated heterocycles. The van der Waals surface area contributed by atoms with Crippen LogP contribution in [-0.4, -0.2) is 64.2 Å². The van der Waals surface area contributed by atoms with E-state index in [1.54, 1.807) is 4.31 Å². The van der Waals surface area contributed by atoms with Crippen LogP contribution >= 0.6 is 10.8 Å². The maximum Gasteiger partial charge on any atom is 0.333 e. The first kappa shape index (κ1) is 27.0. The molecule has 1 amide bonds. The monoisotopic (exact) mass is 545 g/mol. The lowest BCUT2D eigenvalue weighted by molar-refractivity contribution is -0.125. The number of H-pyrrole nitrogens is 1. The zero-order valence-electron chi connectivity index (χ0n) is 22.4.